The Kier molecular flexibility index (Phi) is 3.73. The van der Waals surface area contributed by atoms with Gasteiger partial charge in [-0.1, -0.05) is 0 Å². The summed E-state index contributed by atoms with van der Waals surface area (Å²) >= 11 is 0. The fraction of sp³-hybridized carbons (Fsp3) is 0.800. The summed E-state index contributed by atoms with van der Waals surface area (Å²) in [5.41, 5.74) is 0. The highest BCUT2D eigenvalue weighted by Crippen LogP contribution is 2.29. The van der Waals surface area contributed by atoms with Crippen LogP contribution in [0.15, 0.2) is 0 Å². The second-order valence-corrected chi connectivity index (χ2v) is 6.56. The molecule has 7 nitrogen and oxygen atoms in total. The van der Waals surface area contributed by atoms with E-state index < -0.39 is 0 Å². The molecule has 1 N–H and O–H groups in total. The normalized spacial score (nSPS) is 23.5. The van der Waals surface area contributed by atoms with Gasteiger partial charge in [-0.05, 0) is 25.7 Å². The first kappa shape index (κ1) is 14.0. The fourth-order valence-corrected chi connectivity index (χ4v) is 3.39. The third-order valence-electron chi connectivity index (χ3n) is 4.81. The van der Waals surface area contributed by atoms with Gasteiger partial charge < -0.3 is 19.5 Å². The van der Waals surface area contributed by atoms with Gasteiger partial charge in [0, 0.05) is 38.1 Å². The van der Waals surface area contributed by atoms with Crippen LogP contribution in [0.25, 0.3) is 0 Å². The van der Waals surface area contributed by atoms with E-state index in [9.17, 15) is 4.79 Å². The van der Waals surface area contributed by atoms with Crippen LogP contribution in [0.4, 0.5) is 4.79 Å². The summed E-state index contributed by atoms with van der Waals surface area (Å²) < 4.78 is 7.56. The number of fused-ring (bicyclic) bond motifs is 1. The van der Waals surface area contributed by atoms with Gasteiger partial charge in [-0.15, -0.1) is 10.2 Å². The molecule has 3 heterocycles. The third-order valence-corrected chi connectivity index (χ3v) is 4.81. The van der Waals surface area contributed by atoms with Crippen molar-refractivity contribution >= 4 is 6.03 Å². The predicted molar refractivity (Wildman–Crippen MR) is 79.2 cm³/mol. The lowest BCUT2D eigenvalue weighted by atomic mass is 10.1. The van der Waals surface area contributed by atoms with Crippen molar-refractivity contribution in [3.63, 3.8) is 0 Å². The van der Waals surface area contributed by atoms with Crippen molar-refractivity contribution in [3.8, 4) is 0 Å². The largest absolute Gasteiger partial charge is 0.381 e. The first-order chi connectivity index (χ1) is 10.8. The third kappa shape index (κ3) is 2.82. The number of carbonyl (C=O) groups is 1. The minimum Gasteiger partial charge on any atom is -0.381 e. The molecule has 1 atom stereocenters. The molecule has 0 bridgehead atoms. The second kappa shape index (κ2) is 5.87. The number of hydrogen-bond acceptors (Lipinski definition) is 4. The fourth-order valence-electron chi connectivity index (χ4n) is 3.39. The molecule has 2 fully saturated rings. The quantitative estimate of drug-likeness (QED) is 0.878. The Bertz CT molecular complexity index is 548. The zero-order valence-electron chi connectivity index (χ0n) is 12.8. The molecule has 22 heavy (non-hydrogen) atoms. The van der Waals surface area contributed by atoms with E-state index in [2.05, 4.69) is 20.1 Å². The van der Waals surface area contributed by atoms with Gasteiger partial charge in [0.1, 0.15) is 5.82 Å². The number of aromatic nitrogens is 3. The van der Waals surface area contributed by atoms with Crippen LogP contribution < -0.4 is 5.32 Å². The zero-order valence-corrected chi connectivity index (χ0v) is 12.8. The van der Waals surface area contributed by atoms with Crippen LogP contribution >= 0.6 is 0 Å². The maximum Gasteiger partial charge on any atom is 0.318 e. The molecule has 2 aliphatic heterocycles. The highest BCUT2D eigenvalue weighted by Gasteiger charge is 2.35. The summed E-state index contributed by atoms with van der Waals surface area (Å²) in [5.74, 6) is 2.41. The molecule has 0 aromatic carbocycles. The molecule has 3 aliphatic rings. The van der Waals surface area contributed by atoms with E-state index in [4.69, 9.17) is 4.74 Å². The number of urea groups is 1. The van der Waals surface area contributed by atoms with E-state index in [0.29, 0.717) is 18.5 Å². The van der Waals surface area contributed by atoms with Gasteiger partial charge in [0.05, 0.1) is 13.2 Å². The number of rotatable bonds is 5. The maximum absolute atomic E-state index is 12.5. The lowest BCUT2D eigenvalue weighted by Gasteiger charge is -2.25. The van der Waals surface area contributed by atoms with Gasteiger partial charge in [-0.3, -0.25) is 0 Å². The molecule has 1 unspecified atom stereocenters. The predicted octanol–water partition coefficient (Wildman–Crippen LogP) is 0.935. The highest BCUT2D eigenvalue weighted by atomic mass is 16.5. The first-order valence-electron chi connectivity index (χ1n) is 8.34. The van der Waals surface area contributed by atoms with Crippen LogP contribution in [0.3, 0.4) is 0 Å². The maximum atomic E-state index is 12.5. The smallest absolute Gasteiger partial charge is 0.318 e. The van der Waals surface area contributed by atoms with Crippen molar-refractivity contribution in [3.05, 3.63) is 11.6 Å². The van der Waals surface area contributed by atoms with Crippen LogP contribution in [-0.2, 0) is 24.2 Å². The van der Waals surface area contributed by atoms with Crippen molar-refractivity contribution in [2.75, 3.05) is 19.8 Å². The van der Waals surface area contributed by atoms with E-state index in [0.717, 1.165) is 70.1 Å². The Morgan fingerprint density at radius 2 is 2.27 bits per heavy atom. The summed E-state index contributed by atoms with van der Waals surface area (Å²) in [6.07, 6.45) is 5.44. The standard InChI is InChI=1S/C15H23N5O2/c21-15(16-8-14-18-17-13-2-1-6-19(13)14)20(12-3-4-12)9-11-5-7-22-10-11/h11-12H,1-10H2,(H,16,21). The van der Waals surface area contributed by atoms with Gasteiger partial charge in [-0.25, -0.2) is 4.79 Å². The number of amides is 2. The van der Waals surface area contributed by atoms with Crippen molar-refractivity contribution < 1.29 is 9.53 Å². The van der Waals surface area contributed by atoms with Crippen LogP contribution in [-0.4, -0.2) is 51.5 Å². The average molecular weight is 305 g/mol. The minimum atomic E-state index is 0.0322. The summed E-state index contributed by atoms with van der Waals surface area (Å²) in [7, 11) is 0. The van der Waals surface area contributed by atoms with Gasteiger partial charge in [0.25, 0.3) is 0 Å². The molecule has 1 saturated heterocycles. The Labute approximate surface area is 130 Å². The van der Waals surface area contributed by atoms with E-state index in [1.165, 1.54) is 0 Å². The molecular weight excluding hydrogens is 282 g/mol. The molecule has 1 aliphatic carbocycles. The zero-order chi connectivity index (χ0) is 14.9. The molecule has 0 radical (unpaired) electrons. The summed E-state index contributed by atoms with van der Waals surface area (Å²) in [6, 6.07) is 0.453. The van der Waals surface area contributed by atoms with Gasteiger partial charge in [0.15, 0.2) is 5.82 Å². The lowest BCUT2D eigenvalue weighted by Crippen LogP contribution is -2.44. The minimum absolute atomic E-state index is 0.0322. The Morgan fingerprint density at radius 3 is 3.05 bits per heavy atom. The number of aryl methyl sites for hydroxylation is 1. The van der Waals surface area contributed by atoms with E-state index in [1.807, 2.05) is 4.90 Å². The van der Waals surface area contributed by atoms with E-state index >= 15 is 0 Å². The monoisotopic (exact) mass is 305 g/mol. The highest BCUT2D eigenvalue weighted by molar-refractivity contribution is 5.74. The molecule has 1 aromatic heterocycles. The molecule has 120 valence electrons. The number of hydrogen-bond donors (Lipinski definition) is 1. The van der Waals surface area contributed by atoms with Crippen LogP contribution in [0.1, 0.15) is 37.3 Å². The topological polar surface area (TPSA) is 72.3 Å². The molecule has 1 saturated carbocycles. The Hall–Kier alpha value is -1.63. The second-order valence-electron chi connectivity index (χ2n) is 6.56. The Morgan fingerprint density at radius 1 is 1.36 bits per heavy atom. The Balaban J connectivity index is 1.35. The van der Waals surface area contributed by atoms with Crippen molar-refractivity contribution in [1.29, 1.82) is 0 Å². The van der Waals surface area contributed by atoms with Crippen LogP contribution in [0, 0.1) is 5.92 Å². The van der Waals surface area contributed by atoms with Gasteiger partial charge >= 0.3 is 6.03 Å². The summed E-state index contributed by atoms with van der Waals surface area (Å²) in [6.45, 7) is 3.87. The van der Waals surface area contributed by atoms with E-state index in [-0.39, 0.29) is 6.03 Å². The first-order valence-corrected chi connectivity index (χ1v) is 8.34. The van der Waals surface area contributed by atoms with Gasteiger partial charge in [-0.2, -0.15) is 0 Å². The average Bonchev–Trinajstić information content (AvgIpc) is 2.93. The summed E-state index contributed by atoms with van der Waals surface area (Å²) in [5, 5.41) is 11.4. The molecule has 7 heteroatoms. The van der Waals surface area contributed by atoms with E-state index in [1.54, 1.807) is 0 Å². The van der Waals surface area contributed by atoms with Gasteiger partial charge in [0.2, 0.25) is 0 Å². The SMILES string of the molecule is O=C(NCc1nnc2n1CCC2)N(CC1CCOC1)C1CC1. The van der Waals surface area contributed by atoms with Crippen molar-refractivity contribution in [2.24, 2.45) is 5.92 Å². The molecule has 0 spiro atoms. The molecule has 4 rings (SSSR count). The molecule has 1 aromatic rings. The molecule has 2 amide bonds. The lowest BCUT2D eigenvalue weighted by molar-refractivity contribution is 0.162. The van der Waals surface area contributed by atoms with Crippen molar-refractivity contribution in [1.82, 2.24) is 25.0 Å². The van der Waals surface area contributed by atoms with Crippen molar-refractivity contribution in [2.45, 2.75) is 51.2 Å². The van der Waals surface area contributed by atoms with Crippen LogP contribution in [0.2, 0.25) is 0 Å². The van der Waals surface area contributed by atoms with Crippen LogP contribution in [0.5, 0.6) is 0 Å². The number of carbonyl (C=O) groups excluding carboxylic acids is 1. The number of nitrogens with zero attached hydrogens (tertiary/aromatic N) is 4. The summed E-state index contributed by atoms with van der Waals surface area (Å²) in [4.78, 5) is 14.5. The number of ether oxygens (including phenoxy) is 1. The number of nitrogens with one attached hydrogen (secondary N) is 1. The molecular formula is C15H23N5O2.